The van der Waals surface area contributed by atoms with Crippen molar-refractivity contribution in [1.82, 2.24) is 4.98 Å². The summed E-state index contributed by atoms with van der Waals surface area (Å²) in [5, 5.41) is 8.60. The van der Waals surface area contributed by atoms with Crippen LogP contribution in [0.4, 0.5) is 13.2 Å². The molecule has 0 aliphatic rings. The number of carboxylic acid groups (broad SMARTS) is 1. The predicted octanol–water partition coefficient (Wildman–Crippen LogP) is 1.92. The van der Waals surface area contributed by atoms with Gasteiger partial charge in [0.2, 0.25) is 0 Å². The molecule has 0 amide bonds. The molecular weight excluding hydrogens is 255 g/mol. The van der Waals surface area contributed by atoms with E-state index in [-0.39, 0.29) is 17.0 Å². The molecule has 0 bridgehead atoms. The smallest absolute Gasteiger partial charge is 0.495 e. The second-order valence-corrected chi connectivity index (χ2v) is 3.35. The normalized spacial score (nSPS) is 11.2. The Labute approximate surface area is 100 Å². The summed E-state index contributed by atoms with van der Waals surface area (Å²) in [6.45, 7) is 1.33. The molecule has 1 aromatic heterocycles. The Balaban J connectivity index is 3.26. The minimum atomic E-state index is -4.92. The van der Waals surface area contributed by atoms with Crippen LogP contribution in [-0.2, 0) is 11.2 Å². The first kappa shape index (κ1) is 14.1. The van der Waals surface area contributed by atoms with Gasteiger partial charge in [0.15, 0.2) is 5.75 Å². The molecule has 1 heterocycles. The second-order valence-electron chi connectivity index (χ2n) is 3.35. The number of hydrogen-bond acceptors (Lipinski definition) is 4. The van der Waals surface area contributed by atoms with Crippen LogP contribution in [0.3, 0.4) is 0 Å². The van der Waals surface area contributed by atoms with E-state index in [2.05, 4.69) is 9.72 Å². The van der Waals surface area contributed by atoms with E-state index >= 15 is 0 Å². The lowest BCUT2D eigenvalue weighted by atomic mass is 10.1. The highest BCUT2D eigenvalue weighted by Gasteiger charge is 2.34. The van der Waals surface area contributed by atoms with Crippen LogP contribution in [0.5, 0.6) is 11.5 Å². The lowest BCUT2D eigenvalue weighted by Crippen LogP contribution is -2.20. The van der Waals surface area contributed by atoms with Gasteiger partial charge in [-0.1, -0.05) is 0 Å². The van der Waals surface area contributed by atoms with E-state index in [0.717, 1.165) is 6.20 Å². The molecular formula is C10H10F3NO4. The first-order valence-corrected chi connectivity index (χ1v) is 4.74. The fourth-order valence-electron chi connectivity index (χ4n) is 1.35. The zero-order valence-corrected chi connectivity index (χ0v) is 9.54. The van der Waals surface area contributed by atoms with Gasteiger partial charge in [0, 0.05) is 5.56 Å². The minimum Gasteiger partial charge on any atom is -0.495 e. The van der Waals surface area contributed by atoms with E-state index < -0.39 is 24.5 Å². The Hall–Kier alpha value is -1.99. The molecule has 18 heavy (non-hydrogen) atoms. The molecule has 0 radical (unpaired) electrons. The number of hydrogen-bond donors (Lipinski definition) is 1. The zero-order valence-electron chi connectivity index (χ0n) is 9.54. The number of halogens is 3. The number of methoxy groups -OCH3 is 1. The molecule has 5 nitrogen and oxygen atoms in total. The van der Waals surface area contributed by atoms with Gasteiger partial charge in [-0.25, -0.2) is 0 Å². The number of nitrogens with zero attached hydrogens (tertiary/aromatic N) is 1. The Morgan fingerprint density at radius 1 is 1.50 bits per heavy atom. The first-order chi connectivity index (χ1) is 8.24. The van der Waals surface area contributed by atoms with Gasteiger partial charge in [-0.05, 0) is 6.92 Å². The number of alkyl halides is 3. The van der Waals surface area contributed by atoms with Crippen molar-refractivity contribution in [2.75, 3.05) is 7.11 Å². The SMILES string of the molecule is COc1cnc(CC(=O)O)c(OC(F)(F)F)c1C. The average molecular weight is 265 g/mol. The van der Waals surface area contributed by atoms with E-state index in [1.807, 2.05) is 0 Å². The highest BCUT2D eigenvalue weighted by atomic mass is 19.4. The standard InChI is InChI=1S/C10H10F3NO4/c1-5-7(17-2)4-14-6(3-8(15)16)9(5)18-10(11,12)13/h4H,3H2,1-2H3,(H,15,16). The number of ether oxygens (including phenoxy) is 2. The lowest BCUT2D eigenvalue weighted by Gasteiger charge is -2.16. The van der Waals surface area contributed by atoms with E-state index in [0.29, 0.717) is 0 Å². The van der Waals surface area contributed by atoms with E-state index in [1.165, 1.54) is 14.0 Å². The van der Waals surface area contributed by atoms with Crippen molar-refractivity contribution in [3.05, 3.63) is 17.5 Å². The van der Waals surface area contributed by atoms with Crippen LogP contribution in [0.15, 0.2) is 6.20 Å². The second kappa shape index (κ2) is 5.11. The summed E-state index contributed by atoms with van der Waals surface area (Å²) in [6.07, 6.45) is -4.45. The van der Waals surface area contributed by atoms with Crippen molar-refractivity contribution in [2.24, 2.45) is 0 Å². The number of aliphatic carboxylic acids is 1. The summed E-state index contributed by atoms with van der Waals surface area (Å²) < 4.78 is 45.3. The number of aromatic nitrogens is 1. The van der Waals surface area contributed by atoms with Gasteiger partial charge in [-0.15, -0.1) is 13.2 Å². The van der Waals surface area contributed by atoms with Crippen molar-refractivity contribution in [1.29, 1.82) is 0 Å². The fourth-order valence-corrected chi connectivity index (χ4v) is 1.35. The summed E-state index contributed by atoms with van der Waals surface area (Å²) in [5.74, 6) is -1.85. The predicted molar refractivity (Wildman–Crippen MR) is 53.5 cm³/mol. The topological polar surface area (TPSA) is 68.7 Å². The maximum absolute atomic E-state index is 12.2. The van der Waals surface area contributed by atoms with Gasteiger partial charge in [0.25, 0.3) is 0 Å². The number of carbonyl (C=O) groups is 1. The Bertz CT molecular complexity index is 459. The van der Waals surface area contributed by atoms with E-state index in [4.69, 9.17) is 9.84 Å². The van der Waals surface area contributed by atoms with Crippen LogP contribution in [0.2, 0.25) is 0 Å². The monoisotopic (exact) mass is 265 g/mol. The molecule has 100 valence electrons. The molecule has 0 fully saturated rings. The van der Waals surface area contributed by atoms with Gasteiger partial charge in [-0.2, -0.15) is 0 Å². The molecule has 0 aromatic carbocycles. The highest BCUT2D eigenvalue weighted by Crippen LogP contribution is 2.33. The van der Waals surface area contributed by atoms with Crippen LogP contribution in [0.25, 0.3) is 0 Å². The van der Waals surface area contributed by atoms with Crippen LogP contribution in [-0.4, -0.2) is 29.5 Å². The Kier molecular flexibility index (Phi) is 4.00. The third-order valence-electron chi connectivity index (χ3n) is 2.07. The van der Waals surface area contributed by atoms with Crippen molar-refractivity contribution >= 4 is 5.97 Å². The average Bonchev–Trinajstić information content (AvgIpc) is 2.21. The van der Waals surface area contributed by atoms with E-state index in [9.17, 15) is 18.0 Å². The number of rotatable bonds is 4. The van der Waals surface area contributed by atoms with Gasteiger partial charge in [0.1, 0.15) is 5.75 Å². The van der Waals surface area contributed by atoms with Crippen molar-refractivity contribution in [2.45, 2.75) is 19.7 Å². The van der Waals surface area contributed by atoms with Crippen LogP contribution >= 0.6 is 0 Å². The summed E-state index contributed by atoms with van der Waals surface area (Å²) in [4.78, 5) is 14.1. The Morgan fingerprint density at radius 3 is 2.56 bits per heavy atom. The molecule has 8 heteroatoms. The third kappa shape index (κ3) is 3.51. The maximum Gasteiger partial charge on any atom is 0.573 e. The van der Waals surface area contributed by atoms with Gasteiger partial charge < -0.3 is 14.6 Å². The summed E-state index contributed by atoms with van der Waals surface area (Å²) in [6, 6.07) is 0. The first-order valence-electron chi connectivity index (χ1n) is 4.74. The third-order valence-corrected chi connectivity index (χ3v) is 2.07. The molecule has 0 aliphatic carbocycles. The molecule has 0 saturated heterocycles. The molecule has 0 saturated carbocycles. The fraction of sp³-hybridized carbons (Fsp3) is 0.400. The number of carboxylic acids is 1. The van der Waals surface area contributed by atoms with Gasteiger partial charge >= 0.3 is 12.3 Å². The van der Waals surface area contributed by atoms with Crippen LogP contribution in [0.1, 0.15) is 11.3 Å². The van der Waals surface area contributed by atoms with Crippen LogP contribution < -0.4 is 9.47 Å². The number of pyridine rings is 1. The van der Waals surface area contributed by atoms with Crippen molar-refractivity contribution < 1.29 is 32.5 Å². The maximum atomic E-state index is 12.2. The molecule has 1 aromatic rings. The van der Waals surface area contributed by atoms with Gasteiger partial charge in [0.05, 0.1) is 25.4 Å². The van der Waals surface area contributed by atoms with E-state index in [1.54, 1.807) is 0 Å². The Morgan fingerprint density at radius 2 is 2.11 bits per heavy atom. The molecule has 1 N–H and O–H groups in total. The summed E-state index contributed by atoms with van der Waals surface area (Å²) >= 11 is 0. The quantitative estimate of drug-likeness (QED) is 0.900. The minimum absolute atomic E-state index is 0.0427. The summed E-state index contributed by atoms with van der Waals surface area (Å²) in [7, 11) is 1.26. The van der Waals surface area contributed by atoms with Crippen molar-refractivity contribution in [3.63, 3.8) is 0 Å². The molecule has 0 unspecified atom stereocenters. The molecule has 0 atom stereocenters. The van der Waals surface area contributed by atoms with Crippen LogP contribution in [0, 0.1) is 6.92 Å². The van der Waals surface area contributed by atoms with Gasteiger partial charge in [-0.3, -0.25) is 9.78 Å². The lowest BCUT2D eigenvalue weighted by molar-refractivity contribution is -0.275. The largest absolute Gasteiger partial charge is 0.573 e. The summed E-state index contributed by atoms with van der Waals surface area (Å²) in [5.41, 5.74) is -0.265. The molecule has 0 spiro atoms. The molecule has 1 rings (SSSR count). The highest BCUT2D eigenvalue weighted by molar-refractivity contribution is 5.71. The van der Waals surface area contributed by atoms with Crippen molar-refractivity contribution in [3.8, 4) is 11.5 Å². The zero-order chi connectivity index (χ0) is 13.9. The molecule has 0 aliphatic heterocycles.